The predicted octanol–water partition coefficient (Wildman–Crippen LogP) is 2.66. The fourth-order valence-corrected chi connectivity index (χ4v) is 1.61. The van der Waals surface area contributed by atoms with Crippen LogP contribution in [0.2, 0.25) is 5.02 Å². The van der Waals surface area contributed by atoms with E-state index < -0.39 is 11.6 Å². The van der Waals surface area contributed by atoms with Crippen LogP contribution in [-0.2, 0) is 0 Å². The molecular weight excluding hydrogens is 278 g/mol. The summed E-state index contributed by atoms with van der Waals surface area (Å²) in [6.07, 6.45) is 0. The SMILES string of the molecule is CC(C)(C)NC(=O)NC(=N)Nc1c(Cl)cccc1C#N. The lowest BCUT2D eigenvalue weighted by Gasteiger charge is -2.21. The van der Waals surface area contributed by atoms with Gasteiger partial charge in [0.25, 0.3) is 0 Å². The molecule has 0 fully saturated rings. The van der Waals surface area contributed by atoms with Gasteiger partial charge < -0.3 is 10.6 Å². The molecule has 0 bridgehead atoms. The molecule has 2 amide bonds. The van der Waals surface area contributed by atoms with Crippen LogP contribution in [0.1, 0.15) is 26.3 Å². The maximum atomic E-state index is 11.6. The molecule has 0 aliphatic carbocycles. The molecule has 0 radical (unpaired) electrons. The number of nitrogens with zero attached hydrogens (tertiary/aromatic N) is 1. The molecule has 106 valence electrons. The van der Waals surface area contributed by atoms with E-state index in [0.717, 1.165) is 0 Å². The summed E-state index contributed by atoms with van der Waals surface area (Å²) in [7, 11) is 0. The van der Waals surface area contributed by atoms with Gasteiger partial charge in [0.15, 0.2) is 0 Å². The molecular formula is C13H16ClN5O. The van der Waals surface area contributed by atoms with Gasteiger partial charge in [0.2, 0.25) is 5.96 Å². The number of anilines is 1. The number of carbonyl (C=O) groups is 1. The summed E-state index contributed by atoms with van der Waals surface area (Å²) in [6.45, 7) is 5.47. The Kier molecular flexibility index (Phi) is 4.94. The molecule has 0 spiro atoms. The Balaban J connectivity index is 2.73. The Hall–Kier alpha value is -2.26. The van der Waals surface area contributed by atoms with Gasteiger partial charge in [-0.2, -0.15) is 5.26 Å². The van der Waals surface area contributed by atoms with Crippen LogP contribution in [0.3, 0.4) is 0 Å². The van der Waals surface area contributed by atoms with Crippen molar-refractivity contribution in [2.24, 2.45) is 0 Å². The van der Waals surface area contributed by atoms with Gasteiger partial charge in [0, 0.05) is 5.54 Å². The smallest absolute Gasteiger partial charge is 0.321 e. The lowest BCUT2D eigenvalue weighted by molar-refractivity contribution is 0.236. The number of nitriles is 1. The standard InChI is InChI=1S/C13H16ClN5O/c1-13(2,3)19-12(20)18-11(16)17-10-8(7-15)5-4-6-9(10)14/h4-6H,1-3H3,(H4,16,17,18,19,20). The third-order valence-corrected chi connectivity index (χ3v) is 2.43. The number of benzene rings is 1. The number of rotatable bonds is 1. The van der Waals surface area contributed by atoms with E-state index in [9.17, 15) is 4.79 Å². The third-order valence-electron chi connectivity index (χ3n) is 2.11. The molecule has 1 aromatic rings. The summed E-state index contributed by atoms with van der Waals surface area (Å²) < 4.78 is 0. The van der Waals surface area contributed by atoms with E-state index in [0.29, 0.717) is 10.6 Å². The Morgan fingerprint density at radius 3 is 2.60 bits per heavy atom. The fourth-order valence-electron chi connectivity index (χ4n) is 1.39. The number of amides is 2. The van der Waals surface area contributed by atoms with Gasteiger partial charge in [-0.25, -0.2) is 4.79 Å². The minimum absolute atomic E-state index is 0.267. The minimum Gasteiger partial charge on any atom is -0.333 e. The molecule has 0 saturated heterocycles. The molecule has 4 N–H and O–H groups in total. The number of para-hydroxylation sites is 1. The molecule has 20 heavy (non-hydrogen) atoms. The number of halogens is 1. The Morgan fingerprint density at radius 1 is 1.40 bits per heavy atom. The molecule has 1 rings (SSSR count). The summed E-state index contributed by atoms with van der Waals surface area (Å²) in [6, 6.07) is 6.24. The van der Waals surface area contributed by atoms with Crippen molar-refractivity contribution in [2.45, 2.75) is 26.3 Å². The second-order valence-corrected chi connectivity index (χ2v) is 5.51. The van der Waals surface area contributed by atoms with Crippen LogP contribution in [0.5, 0.6) is 0 Å². The number of guanidine groups is 1. The molecule has 7 heteroatoms. The average molecular weight is 294 g/mol. The zero-order valence-electron chi connectivity index (χ0n) is 11.5. The highest BCUT2D eigenvalue weighted by Crippen LogP contribution is 2.24. The van der Waals surface area contributed by atoms with Crippen LogP contribution in [0.4, 0.5) is 10.5 Å². The van der Waals surface area contributed by atoms with Crippen molar-refractivity contribution >= 4 is 29.3 Å². The van der Waals surface area contributed by atoms with Gasteiger partial charge >= 0.3 is 6.03 Å². The van der Waals surface area contributed by atoms with E-state index in [2.05, 4.69) is 16.0 Å². The lowest BCUT2D eigenvalue weighted by atomic mass is 10.1. The zero-order valence-corrected chi connectivity index (χ0v) is 12.2. The lowest BCUT2D eigenvalue weighted by Crippen LogP contribution is -2.49. The van der Waals surface area contributed by atoms with Crippen LogP contribution in [0.15, 0.2) is 18.2 Å². The number of hydrogen-bond donors (Lipinski definition) is 4. The molecule has 0 unspecified atom stereocenters. The van der Waals surface area contributed by atoms with Crippen LogP contribution in [-0.4, -0.2) is 17.5 Å². The molecule has 0 aromatic heterocycles. The topological polar surface area (TPSA) is 101 Å². The Bertz CT molecular complexity index is 571. The predicted molar refractivity (Wildman–Crippen MR) is 78.9 cm³/mol. The van der Waals surface area contributed by atoms with Gasteiger partial charge in [0.05, 0.1) is 16.3 Å². The van der Waals surface area contributed by atoms with E-state index in [4.69, 9.17) is 22.3 Å². The van der Waals surface area contributed by atoms with Crippen molar-refractivity contribution in [1.82, 2.24) is 10.6 Å². The molecule has 0 heterocycles. The van der Waals surface area contributed by atoms with Gasteiger partial charge in [-0.1, -0.05) is 17.7 Å². The van der Waals surface area contributed by atoms with Gasteiger partial charge in [-0.05, 0) is 32.9 Å². The molecule has 0 saturated carbocycles. The number of carbonyl (C=O) groups excluding carboxylic acids is 1. The van der Waals surface area contributed by atoms with Crippen LogP contribution in [0, 0.1) is 16.7 Å². The Morgan fingerprint density at radius 2 is 2.05 bits per heavy atom. The van der Waals surface area contributed by atoms with Crippen molar-refractivity contribution in [3.8, 4) is 6.07 Å². The molecule has 1 aromatic carbocycles. The van der Waals surface area contributed by atoms with Crippen molar-refractivity contribution in [2.75, 3.05) is 5.32 Å². The van der Waals surface area contributed by atoms with E-state index in [-0.39, 0.29) is 11.6 Å². The Labute approximate surface area is 122 Å². The van der Waals surface area contributed by atoms with E-state index in [1.165, 1.54) is 0 Å². The van der Waals surface area contributed by atoms with Gasteiger partial charge in [-0.15, -0.1) is 0 Å². The van der Waals surface area contributed by atoms with Crippen LogP contribution in [0.25, 0.3) is 0 Å². The van der Waals surface area contributed by atoms with E-state index >= 15 is 0 Å². The molecule has 0 atom stereocenters. The zero-order chi connectivity index (χ0) is 15.3. The first-order valence-electron chi connectivity index (χ1n) is 5.86. The average Bonchev–Trinajstić information content (AvgIpc) is 2.28. The van der Waals surface area contributed by atoms with Crippen molar-refractivity contribution in [3.05, 3.63) is 28.8 Å². The maximum absolute atomic E-state index is 11.6. The number of urea groups is 1. The second-order valence-electron chi connectivity index (χ2n) is 5.10. The van der Waals surface area contributed by atoms with Gasteiger partial charge in [-0.3, -0.25) is 10.7 Å². The first-order chi connectivity index (χ1) is 9.23. The summed E-state index contributed by atoms with van der Waals surface area (Å²) in [5.41, 5.74) is 0.171. The van der Waals surface area contributed by atoms with Crippen molar-refractivity contribution in [3.63, 3.8) is 0 Å². The minimum atomic E-state index is -0.513. The summed E-state index contributed by atoms with van der Waals surface area (Å²) >= 11 is 5.96. The van der Waals surface area contributed by atoms with Crippen LogP contribution < -0.4 is 16.0 Å². The molecule has 0 aliphatic rings. The van der Waals surface area contributed by atoms with Crippen molar-refractivity contribution in [1.29, 1.82) is 10.7 Å². The van der Waals surface area contributed by atoms with E-state index in [1.54, 1.807) is 18.2 Å². The maximum Gasteiger partial charge on any atom is 0.321 e. The summed E-state index contributed by atoms with van der Waals surface area (Å²) in [5, 5.41) is 24.5. The first kappa shape index (κ1) is 15.8. The van der Waals surface area contributed by atoms with E-state index in [1.807, 2.05) is 26.8 Å². The quantitative estimate of drug-likeness (QED) is 0.473. The summed E-state index contributed by atoms with van der Waals surface area (Å²) in [4.78, 5) is 11.6. The number of nitrogens with one attached hydrogen (secondary N) is 4. The third kappa shape index (κ3) is 4.78. The normalized spacial score (nSPS) is 10.3. The highest BCUT2D eigenvalue weighted by Gasteiger charge is 2.15. The largest absolute Gasteiger partial charge is 0.333 e. The molecule has 6 nitrogen and oxygen atoms in total. The number of hydrogen-bond acceptors (Lipinski definition) is 3. The highest BCUT2D eigenvalue weighted by molar-refractivity contribution is 6.34. The monoisotopic (exact) mass is 293 g/mol. The highest BCUT2D eigenvalue weighted by atomic mass is 35.5. The van der Waals surface area contributed by atoms with Gasteiger partial charge in [0.1, 0.15) is 6.07 Å². The molecule has 0 aliphatic heterocycles. The fraction of sp³-hybridized carbons (Fsp3) is 0.308. The summed E-state index contributed by atoms with van der Waals surface area (Å²) in [5.74, 6) is -0.267. The second kappa shape index (κ2) is 6.26. The van der Waals surface area contributed by atoms with Crippen LogP contribution >= 0.6 is 11.6 Å². The first-order valence-corrected chi connectivity index (χ1v) is 6.24. The van der Waals surface area contributed by atoms with Crippen molar-refractivity contribution < 1.29 is 4.79 Å².